The Balaban J connectivity index is 2.34. The number of benzene rings is 1. The largest absolute Gasteiger partial charge is 0.347 e. The van der Waals surface area contributed by atoms with E-state index < -0.39 is 0 Å². The van der Waals surface area contributed by atoms with Crippen molar-refractivity contribution in [3.63, 3.8) is 0 Å². The van der Waals surface area contributed by atoms with Gasteiger partial charge in [-0.1, -0.05) is 32.0 Å². The second-order valence-electron chi connectivity index (χ2n) is 5.49. The van der Waals surface area contributed by atoms with Gasteiger partial charge < -0.3 is 4.90 Å². The maximum atomic E-state index is 12.0. The fourth-order valence-electron chi connectivity index (χ4n) is 2.72. The molecule has 3 heteroatoms. The minimum atomic E-state index is -0.123. The van der Waals surface area contributed by atoms with Gasteiger partial charge in [-0.25, -0.2) is 0 Å². The number of allylic oxidation sites excluding steroid dienone is 2. The number of alkyl halides is 1. The van der Waals surface area contributed by atoms with Gasteiger partial charge in [0.05, 0.1) is 0 Å². The first-order chi connectivity index (χ1) is 8.98. The fraction of sp³-hybridized carbons (Fsp3) is 0.438. The van der Waals surface area contributed by atoms with Crippen LogP contribution in [0.5, 0.6) is 0 Å². The summed E-state index contributed by atoms with van der Waals surface area (Å²) < 4.78 is 0. The van der Waals surface area contributed by atoms with Crippen LogP contribution in [0.3, 0.4) is 0 Å². The van der Waals surface area contributed by atoms with Crippen molar-refractivity contribution >= 4 is 23.1 Å². The highest BCUT2D eigenvalue weighted by molar-refractivity contribution is 6.18. The van der Waals surface area contributed by atoms with Crippen molar-refractivity contribution in [2.45, 2.75) is 32.1 Å². The molecule has 0 spiro atoms. The molecule has 2 nitrogen and oxygen atoms in total. The average Bonchev–Trinajstić information content (AvgIpc) is 2.58. The van der Waals surface area contributed by atoms with Crippen molar-refractivity contribution in [2.75, 3.05) is 17.8 Å². The molecule has 0 N–H and O–H groups in total. The van der Waals surface area contributed by atoms with E-state index in [1.807, 2.05) is 19.2 Å². The lowest BCUT2D eigenvalue weighted by Crippen LogP contribution is -2.24. The highest BCUT2D eigenvalue weighted by Crippen LogP contribution is 2.46. The molecule has 0 unspecified atom stereocenters. The first kappa shape index (κ1) is 14.1. The fourth-order valence-corrected chi connectivity index (χ4v) is 2.86. The number of hydrogen-bond donors (Lipinski definition) is 0. The molecular formula is C16H20ClNO. The van der Waals surface area contributed by atoms with Gasteiger partial charge in [0.2, 0.25) is 0 Å². The summed E-state index contributed by atoms with van der Waals surface area (Å²) in [5, 5.41) is 0. The van der Waals surface area contributed by atoms with E-state index in [1.54, 1.807) is 6.08 Å². The summed E-state index contributed by atoms with van der Waals surface area (Å²) in [6.07, 6.45) is 3.04. The summed E-state index contributed by atoms with van der Waals surface area (Å²) >= 11 is 5.64. The zero-order valence-corrected chi connectivity index (χ0v) is 12.5. The lowest BCUT2D eigenvalue weighted by Gasteiger charge is -2.23. The second-order valence-corrected chi connectivity index (χ2v) is 5.87. The van der Waals surface area contributed by atoms with Crippen LogP contribution in [0.2, 0.25) is 0 Å². The molecule has 1 aliphatic heterocycles. The van der Waals surface area contributed by atoms with Gasteiger partial charge in [0.1, 0.15) is 0 Å². The summed E-state index contributed by atoms with van der Waals surface area (Å²) in [4.78, 5) is 14.1. The van der Waals surface area contributed by atoms with E-state index in [-0.39, 0.29) is 11.2 Å². The van der Waals surface area contributed by atoms with Gasteiger partial charge in [-0.05, 0) is 18.1 Å². The Labute approximate surface area is 120 Å². The van der Waals surface area contributed by atoms with Crippen LogP contribution in [-0.4, -0.2) is 18.7 Å². The lowest BCUT2D eigenvalue weighted by molar-refractivity contribution is -0.114. The summed E-state index contributed by atoms with van der Waals surface area (Å²) in [5.41, 5.74) is 3.40. The molecule has 0 fully saturated rings. The molecule has 0 aromatic heterocycles. The van der Waals surface area contributed by atoms with Crippen LogP contribution >= 0.6 is 11.6 Å². The molecule has 1 aromatic carbocycles. The van der Waals surface area contributed by atoms with Gasteiger partial charge in [-0.3, -0.25) is 4.79 Å². The number of carbonyl (C=O) groups is 1. The lowest BCUT2D eigenvalue weighted by atomic mass is 9.83. The van der Waals surface area contributed by atoms with Crippen LogP contribution in [-0.2, 0) is 10.2 Å². The number of para-hydroxylation sites is 1. The van der Waals surface area contributed by atoms with Gasteiger partial charge >= 0.3 is 0 Å². The first-order valence-corrected chi connectivity index (χ1v) is 7.16. The Morgan fingerprint density at radius 1 is 1.37 bits per heavy atom. The number of carbonyl (C=O) groups excluding carboxylic acids is 1. The van der Waals surface area contributed by atoms with Gasteiger partial charge in [0, 0.05) is 42.2 Å². The predicted molar refractivity (Wildman–Crippen MR) is 80.9 cm³/mol. The normalized spacial score (nSPS) is 18.7. The van der Waals surface area contributed by atoms with Crippen molar-refractivity contribution in [1.29, 1.82) is 0 Å². The molecule has 1 heterocycles. The Morgan fingerprint density at radius 2 is 2.05 bits per heavy atom. The van der Waals surface area contributed by atoms with E-state index in [0.29, 0.717) is 12.3 Å². The number of halogens is 1. The maximum absolute atomic E-state index is 12.0. The molecule has 0 bridgehead atoms. The van der Waals surface area contributed by atoms with Crippen LogP contribution in [0.4, 0.5) is 5.69 Å². The Bertz CT molecular complexity index is 519. The maximum Gasteiger partial charge on any atom is 0.157 e. The van der Waals surface area contributed by atoms with E-state index in [4.69, 9.17) is 11.6 Å². The van der Waals surface area contributed by atoms with Crippen LogP contribution in [0.15, 0.2) is 36.0 Å². The number of nitrogens with zero attached hydrogens (tertiary/aromatic N) is 1. The number of rotatable bonds is 4. The SMILES string of the molecule is CN1/C(=C\C(=O)CCCCl)C(C)(C)c2ccccc21. The first-order valence-electron chi connectivity index (χ1n) is 6.62. The summed E-state index contributed by atoms with van der Waals surface area (Å²) in [6, 6.07) is 8.31. The third-order valence-electron chi connectivity index (χ3n) is 3.79. The van der Waals surface area contributed by atoms with E-state index >= 15 is 0 Å². The van der Waals surface area contributed by atoms with E-state index in [0.717, 1.165) is 12.1 Å². The second kappa shape index (κ2) is 5.38. The Kier molecular flexibility index (Phi) is 4.00. The minimum absolute atomic E-state index is 0.123. The minimum Gasteiger partial charge on any atom is -0.347 e. The smallest absolute Gasteiger partial charge is 0.157 e. The number of likely N-dealkylation sites (N-methyl/N-ethyl adjacent to an activating group) is 1. The molecule has 19 heavy (non-hydrogen) atoms. The Hall–Kier alpha value is -1.28. The molecule has 102 valence electrons. The summed E-state index contributed by atoms with van der Waals surface area (Å²) in [5.74, 6) is 0.692. The summed E-state index contributed by atoms with van der Waals surface area (Å²) in [7, 11) is 2.02. The molecule has 0 aliphatic carbocycles. The third kappa shape index (κ3) is 2.55. The predicted octanol–water partition coefficient (Wildman–Crippen LogP) is 3.89. The van der Waals surface area contributed by atoms with Crippen molar-refractivity contribution in [1.82, 2.24) is 0 Å². The number of fused-ring (bicyclic) bond motifs is 1. The van der Waals surface area contributed by atoms with Crippen LogP contribution in [0.1, 0.15) is 32.3 Å². The molecule has 0 saturated carbocycles. The van der Waals surface area contributed by atoms with Gasteiger partial charge in [-0.2, -0.15) is 0 Å². The van der Waals surface area contributed by atoms with Crippen LogP contribution in [0, 0.1) is 0 Å². The standard InChI is InChI=1S/C16H20ClNO/c1-16(2)13-8-4-5-9-14(13)18(3)15(16)11-12(19)7-6-10-17/h4-5,8-9,11H,6-7,10H2,1-3H3/b15-11-. The molecule has 0 amide bonds. The van der Waals surface area contributed by atoms with Crippen molar-refractivity contribution in [3.8, 4) is 0 Å². The molecule has 2 rings (SSSR count). The molecular weight excluding hydrogens is 258 g/mol. The van der Waals surface area contributed by atoms with Crippen molar-refractivity contribution in [3.05, 3.63) is 41.6 Å². The highest BCUT2D eigenvalue weighted by atomic mass is 35.5. The zero-order valence-electron chi connectivity index (χ0n) is 11.7. The topological polar surface area (TPSA) is 20.3 Å². The number of hydrogen-bond acceptors (Lipinski definition) is 2. The van der Waals surface area contributed by atoms with Gasteiger partial charge in [0.15, 0.2) is 5.78 Å². The van der Waals surface area contributed by atoms with Crippen LogP contribution in [0.25, 0.3) is 0 Å². The number of anilines is 1. The monoisotopic (exact) mass is 277 g/mol. The van der Waals surface area contributed by atoms with E-state index in [2.05, 4.69) is 30.9 Å². The molecule has 1 aromatic rings. The molecule has 0 atom stereocenters. The number of ketones is 1. The highest BCUT2D eigenvalue weighted by Gasteiger charge is 2.38. The molecule has 0 radical (unpaired) electrons. The molecule has 0 saturated heterocycles. The van der Waals surface area contributed by atoms with Crippen LogP contribution < -0.4 is 4.90 Å². The molecule has 1 aliphatic rings. The van der Waals surface area contributed by atoms with Crippen molar-refractivity contribution in [2.24, 2.45) is 0 Å². The quantitative estimate of drug-likeness (QED) is 0.615. The zero-order chi connectivity index (χ0) is 14.0. The van der Waals surface area contributed by atoms with E-state index in [1.165, 1.54) is 11.3 Å². The van der Waals surface area contributed by atoms with Crippen molar-refractivity contribution < 1.29 is 4.79 Å². The average molecular weight is 278 g/mol. The third-order valence-corrected chi connectivity index (χ3v) is 4.06. The Morgan fingerprint density at radius 3 is 2.68 bits per heavy atom. The van der Waals surface area contributed by atoms with Gasteiger partial charge in [0.25, 0.3) is 0 Å². The van der Waals surface area contributed by atoms with E-state index in [9.17, 15) is 4.79 Å². The van der Waals surface area contributed by atoms with Gasteiger partial charge in [-0.15, -0.1) is 11.6 Å². The summed E-state index contributed by atoms with van der Waals surface area (Å²) in [6.45, 7) is 4.33.